The third-order valence-electron chi connectivity index (χ3n) is 5.10. The molecule has 2 heteroatoms. The molecule has 0 heterocycles. The first kappa shape index (κ1) is 18.8. The van der Waals surface area contributed by atoms with Crippen molar-refractivity contribution in [1.82, 2.24) is 0 Å². The molecule has 0 fully saturated rings. The molecule has 2 rings (SSSR count). The second-order valence-electron chi connectivity index (χ2n) is 7.64. The highest BCUT2D eigenvalue weighted by Gasteiger charge is 2.15. The van der Waals surface area contributed by atoms with Crippen molar-refractivity contribution in [3.8, 4) is 5.75 Å². The Labute approximate surface area is 150 Å². The summed E-state index contributed by atoms with van der Waals surface area (Å²) < 4.78 is 0. The molecule has 0 aliphatic carbocycles. The lowest BCUT2D eigenvalue weighted by Gasteiger charge is -2.17. The van der Waals surface area contributed by atoms with Gasteiger partial charge in [-0.25, -0.2) is 0 Å². The van der Waals surface area contributed by atoms with Crippen LogP contribution < -0.4 is 5.19 Å². The van der Waals surface area contributed by atoms with E-state index in [0.717, 1.165) is 17.5 Å². The van der Waals surface area contributed by atoms with Crippen molar-refractivity contribution >= 4 is 14.7 Å². The third kappa shape index (κ3) is 4.30. The average molecular weight is 341 g/mol. The molecule has 2 aromatic carbocycles. The van der Waals surface area contributed by atoms with Gasteiger partial charge in [0.25, 0.3) is 0 Å². The van der Waals surface area contributed by atoms with Crippen LogP contribution in [0.25, 0.3) is 0 Å². The summed E-state index contributed by atoms with van der Waals surface area (Å²) in [5, 5.41) is 12.1. The van der Waals surface area contributed by atoms with Crippen LogP contribution in [0.15, 0.2) is 30.3 Å². The Kier molecular flexibility index (Phi) is 6.28. The average Bonchev–Trinajstić information content (AvgIpc) is 2.52. The van der Waals surface area contributed by atoms with Gasteiger partial charge in [0.15, 0.2) is 0 Å². The van der Waals surface area contributed by atoms with Gasteiger partial charge in [-0.1, -0.05) is 69.3 Å². The molecule has 1 nitrogen and oxygen atoms in total. The van der Waals surface area contributed by atoms with Gasteiger partial charge in [-0.3, -0.25) is 0 Å². The highest BCUT2D eigenvalue weighted by molar-refractivity contribution is 6.54. The molecule has 130 valence electrons. The Hall–Kier alpha value is -1.54. The number of rotatable bonds is 6. The van der Waals surface area contributed by atoms with Gasteiger partial charge in [0.05, 0.1) is 9.52 Å². The third-order valence-corrected chi connectivity index (χ3v) is 7.11. The Bertz CT molecular complexity index is 672. The first-order valence-corrected chi connectivity index (χ1v) is 10.9. The Morgan fingerprint density at radius 2 is 1.54 bits per heavy atom. The maximum absolute atomic E-state index is 10.5. The van der Waals surface area contributed by atoms with Crippen LogP contribution in [0, 0.1) is 13.8 Å². The summed E-state index contributed by atoms with van der Waals surface area (Å²) in [6, 6.07) is 12.4. The number of aromatic hydroxyl groups is 1. The Morgan fingerprint density at radius 3 is 2.08 bits per heavy atom. The van der Waals surface area contributed by atoms with Crippen LogP contribution in [0.2, 0.25) is 6.04 Å². The highest BCUT2D eigenvalue weighted by Crippen LogP contribution is 2.35. The van der Waals surface area contributed by atoms with Gasteiger partial charge in [-0.05, 0) is 59.9 Å². The summed E-state index contributed by atoms with van der Waals surface area (Å²) in [5.41, 5.74) is 6.49. The zero-order chi connectivity index (χ0) is 17.9. The van der Waals surface area contributed by atoms with Gasteiger partial charge in [-0.2, -0.15) is 0 Å². The van der Waals surface area contributed by atoms with Crippen LogP contribution in [-0.4, -0.2) is 14.6 Å². The van der Waals surface area contributed by atoms with E-state index in [2.05, 4.69) is 71.9 Å². The van der Waals surface area contributed by atoms with E-state index in [1.54, 1.807) is 5.19 Å². The monoisotopic (exact) mass is 340 g/mol. The molecule has 0 amide bonds. The number of hydrogen-bond acceptors (Lipinski definition) is 1. The topological polar surface area (TPSA) is 20.2 Å². The molecule has 0 spiro atoms. The van der Waals surface area contributed by atoms with Crippen molar-refractivity contribution in [2.45, 2.75) is 65.8 Å². The van der Waals surface area contributed by atoms with Crippen molar-refractivity contribution in [3.05, 3.63) is 58.1 Å². The fourth-order valence-corrected chi connectivity index (χ4v) is 5.26. The molecule has 1 N–H and O–H groups in total. The van der Waals surface area contributed by atoms with Crippen LogP contribution in [0.3, 0.4) is 0 Å². The lowest BCUT2D eigenvalue weighted by molar-refractivity contribution is 0.454. The second kappa shape index (κ2) is 8.02. The van der Waals surface area contributed by atoms with E-state index in [0.29, 0.717) is 17.6 Å². The standard InChI is InChI=1S/C22H32OSi/c1-14(2)19-12-18(13-20(15(3)4)22(19)23)10-11-24-21-9-7-8-16(5)17(21)6/h7-9,12-15,23H,10-11,24H2,1-6H3. The fourth-order valence-electron chi connectivity index (χ4n) is 3.33. The SMILES string of the molecule is Cc1cccc([SiH2]CCc2cc(C(C)C)c(O)c(C(C)C)c2)c1C. The number of phenols is 1. The van der Waals surface area contributed by atoms with Crippen LogP contribution in [-0.2, 0) is 6.42 Å². The summed E-state index contributed by atoms with van der Waals surface area (Å²) in [4.78, 5) is 0. The largest absolute Gasteiger partial charge is 0.507 e. The molecule has 0 unspecified atom stereocenters. The number of phenolic OH excluding ortho intramolecular Hbond substituents is 1. The lowest BCUT2D eigenvalue weighted by Crippen LogP contribution is -2.18. The van der Waals surface area contributed by atoms with Gasteiger partial charge in [0.2, 0.25) is 0 Å². The van der Waals surface area contributed by atoms with Crippen molar-refractivity contribution in [1.29, 1.82) is 0 Å². The summed E-state index contributed by atoms with van der Waals surface area (Å²) in [6.07, 6.45) is 1.12. The minimum Gasteiger partial charge on any atom is -0.507 e. The number of aryl methyl sites for hydroxylation is 2. The smallest absolute Gasteiger partial charge is 0.122 e. The van der Waals surface area contributed by atoms with Crippen LogP contribution in [0.5, 0.6) is 5.75 Å². The fraction of sp³-hybridized carbons (Fsp3) is 0.455. The van der Waals surface area contributed by atoms with E-state index >= 15 is 0 Å². The molecular formula is C22H32OSi. The minimum atomic E-state index is -0.241. The molecule has 0 bridgehead atoms. The van der Waals surface area contributed by atoms with E-state index in [1.807, 2.05) is 0 Å². The van der Waals surface area contributed by atoms with Gasteiger partial charge in [0, 0.05) is 0 Å². The molecule has 0 saturated carbocycles. The summed E-state index contributed by atoms with van der Waals surface area (Å²) in [5.74, 6) is 1.23. The number of hydrogen-bond donors (Lipinski definition) is 1. The van der Waals surface area contributed by atoms with Crippen molar-refractivity contribution < 1.29 is 5.11 Å². The van der Waals surface area contributed by atoms with Gasteiger partial charge < -0.3 is 5.11 Å². The quantitative estimate of drug-likeness (QED) is 0.755. The van der Waals surface area contributed by atoms with Crippen molar-refractivity contribution in [2.24, 2.45) is 0 Å². The van der Waals surface area contributed by atoms with E-state index in [9.17, 15) is 5.11 Å². The maximum atomic E-state index is 10.5. The van der Waals surface area contributed by atoms with Crippen LogP contribution in [0.4, 0.5) is 0 Å². The molecule has 0 aliphatic heterocycles. The second-order valence-corrected chi connectivity index (χ2v) is 9.61. The van der Waals surface area contributed by atoms with E-state index in [1.165, 1.54) is 22.7 Å². The van der Waals surface area contributed by atoms with Crippen molar-refractivity contribution in [3.63, 3.8) is 0 Å². The normalized spacial score (nSPS) is 12.0. The zero-order valence-electron chi connectivity index (χ0n) is 16.1. The van der Waals surface area contributed by atoms with Crippen molar-refractivity contribution in [2.75, 3.05) is 0 Å². The van der Waals surface area contributed by atoms with Crippen LogP contribution in [0.1, 0.15) is 67.3 Å². The zero-order valence-corrected chi connectivity index (χ0v) is 17.5. The van der Waals surface area contributed by atoms with Gasteiger partial charge in [-0.15, -0.1) is 0 Å². The molecular weight excluding hydrogens is 308 g/mol. The molecule has 0 aromatic heterocycles. The Morgan fingerprint density at radius 1 is 0.958 bits per heavy atom. The van der Waals surface area contributed by atoms with Crippen LogP contribution >= 0.6 is 0 Å². The minimum absolute atomic E-state index is 0.241. The molecule has 0 aliphatic rings. The first-order chi connectivity index (χ1) is 11.3. The van der Waals surface area contributed by atoms with E-state index in [-0.39, 0.29) is 9.52 Å². The van der Waals surface area contributed by atoms with E-state index < -0.39 is 0 Å². The maximum Gasteiger partial charge on any atom is 0.122 e. The molecule has 2 aromatic rings. The molecule has 0 radical (unpaired) electrons. The predicted octanol–water partition coefficient (Wildman–Crippen LogP) is 4.71. The summed E-state index contributed by atoms with van der Waals surface area (Å²) in [6.45, 7) is 13.1. The molecule has 24 heavy (non-hydrogen) atoms. The Balaban J connectivity index is 2.16. The lowest BCUT2D eigenvalue weighted by atomic mass is 9.91. The highest BCUT2D eigenvalue weighted by atomic mass is 28.2. The molecule has 0 atom stereocenters. The first-order valence-electron chi connectivity index (χ1n) is 9.22. The molecule has 0 saturated heterocycles. The van der Waals surface area contributed by atoms with Gasteiger partial charge >= 0.3 is 0 Å². The van der Waals surface area contributed by atoms with Gasteiger partial charge in [0.1, 0.15) is 5.75 Å². The predicted molar refractivity (Wildman–Crippen MR) is 109 cm³/mol. The van der Waals surface area contributed by atoms with E-state index in [4.69, 9.17) is 0 Å². The summed E-state index contributed by atoms with van der Waals surface area (Å²) in [7, 11) is -0.241. The summed E-state index contributed by atoms with van der Waals surface area (Å²) >= 11 is 0. The number of benzene rings is 2.